The van der Waals surface area contributed by atoms with Crippen LogP contribution in [0.25, 0.3) is 0 Å². The molecule has 0 aliphatic carbocycles. The minimum absolute atomic E-state index is 0.0530. The van der Waals surface area contributed by atoms with E-state index in [1.54, 1.807) is 6.08 Å². The highest BCUT2D eigenvalue weighted by Gasteiger charge is 2.21. The first-order valence-electron chi connectivity index (χ1n) is 21.0. The van der Waals surface area contributed by atoms with Crippen LogP contribution in [0.5, 0.6) is 0 Å². The molecule has 0 amide bonds. The van der Waals surface area contributed by atoms with Gasteiger partial charge in [0.05, 0.1) is 27.7 Å². The molecule has 0 aliphatic heterocycles. The second-order valence-electron chi connectivity index (χ2n) is 15.1. The Morgan fingerprint density at radius 3 is 1.72 bits per heavy atom. The van der Waals surface area contributed by atoms with E-state index < -0.39 is 32.5 Å². The van der Waals surface area contributed by atoms with E-state index in [9.17, 15) is 19.0 Å². The van der Waals surface area contributed by atoms with Gasteiger partial charge in [-0.25, -0.2) is 4.79 Å². The zero-order chi connectivity index (χ0) is 40.0. The highest BCUT2D eigenvalue weighted by atomic mass is 31.2. The van der Waals surface area contributed by atoms with Gasteiger partial charge in [-0.1, -0.05) is 146 Å². The molecular weight excluding hydrogens is 701 g/mol. The van der Waals surface area contributed by atoms with Crippen molar-refractivity contribution in [2.75, 3.05) is 47.5 Å². The number of phosphoric acid groups is 1. The molecule has 0 aromatic rings. The summed E-state index contributed by atoms with van der Waals surface area (Å²) in [6.07, 6.45) is 43.1. The van der Waals surface area contributed by atoms with Crippen LogP contribution in [0, 0.1) is 0 Å². The monoisotopic (exact) mass is 780 g/mol. The van der Waals surface area contributed by atoms with Crippen molar-refractivity contribution in [3.8, 4) is 0 Å². The zero-order valence-electron chi connectivity index (χ0n) is 34.9. The van der Waals surface area contributed by atoms with E-state index in [1.165, 1.54) is 89.5 Å². The maximum absolute atomic E-state index is 12.6. The lowest BCUT2D eigenvalue weighted by molar-refractivity contribution is -0.870. The van der Waals surface area contributed by atoms with E-state index in [0.717, 1.165) is 44.9 Å². The summed E-state index contributed by atoms with van der Waals surface area (Å²) in [6.45, 7) is 4.00. The normalized spacial score (nSPS) is 14.3. The van der Waals surface area contributed by atoms with Crippen LogP contribution in [0.2, 0.25) is 0 Å². The summed E-state index contributed by atoms with van der Waals surface area (Å²) in [4.78, 5) is 37.3. The lowest BCUT2D eigenvalue weighted by Crippen LogP contribution is -2.37. The zero-order valence-corrected chi connectivity index (χ0v) is 35.8. The number of phosphoric ester groups is 1. The van der Waals surface area contributed by atoms with Crippen molar-refractivity contribution >= 4 is 19.8 Å². The fraction of sp³-hybridized carbons (Fsp3) is 0.727. The van der Waals surface area contributed by atoms with Crippen molar-refractivity contribution in [2.24, 2.45) is 0 Å². The Hall–Kier alpha value is -2.29. The topological polar surface area (TPSA) is 111 Å². The first-order chi connectivity index (χ1) is 26.0. The van der Waals surface area contributed by atoms with Crippen LogP contribution in [0.3, 0.4) is 0 Å². The first-order valence-corrected chi connectivity index (χ1v) is 22.5. The van der Waals surface area contributed by atoms with Gasteiger partial charge in [0.15, 0.2) is 6.10 Å². The Kier molecular flexibility index (Phi) is 34.8. The van der Waals surface area contributed by atoms with Gasteiger partial charge in [0.1, 0.15) is 19.8 Å². The van der Waals surface area contributed by atoms with Crippen molar-refractivity contribution in [1.82, 2.24) is 0 Å². The van der Waals surface area contributed by atoms with E-state index in [4.69, 9.17) is 18.5 Å². The number of hydrogen-bond donors (Lipinski definition) is 0. The molecule has 0 radical (unpaired) electrons. The number of likely N-dealkylation sites (N-methyl/N-ethyl adjacent to an activating group) is 1. The molecular formula is C44H78NO8P. The molecule has 0 aliphatic rings. The molecule has 10 heteroatoms. The van der Waals surface area contributed by atoms with Gasteiger partial charge in [-0.2, -0.15) is 0 Å². The lowest BCUT2D eigenvalue weighted by Gasteiger charge is -2.28. The second-order valence-corrected chi connectivity index (χ2v) is 16.5. The SMILES string of the molecule is CCCCC/C=C/C/C=C/C/C=C/CCCCC(=O)O[C@H](COC(=O)/C=C/C=C/CCCCCCCCCCCCC)COP(=O)([O-])OCC[N+](C)(C)C. The summed E-state index contributed by atoms with van der Waals surface area (Å²) in [5, 5.41) is 0. The van der Waals surface area contributed by atoms with Gasteiger partial charge in [0.2, 0.25) is 0 Å². The largest absolute Gasteiger partial charge is 0.756 e. The van der Waals surface area contributed by atoms with Crippen LogP contribution in [-0.4, -0.2) is 70.0 Å². The average molecular weight is 780 g/mol. The molecule has 1 unspecified atom stereocenters. The van der Waals surface area contributed by atoms with Crippen LogP contribution >= 0.6 is 7.82 Å². The Morgan fingerprint density at radius 1 is 0.630 bits per heavy atom. The second kappa shape index (κ2) is 36.4. The maximum atomic E-state index is 12.6. The first kappa shape index (κ1) is 51.7. The Balaban J connectivity index is 4.57. The predicted octanol–water partition coefficient (Wildman–Crippen LogP) is 11.1. The van der Waals surface area contributed by atoms with Crippen LogP contribution in [0.1, 0.15) is 155 Å². The Bertz CT molecular complexity index is 1110. The van der Waals surface area contributed by atoms with Crippen LogP contribution in [0.4, 0.5) is 0 Å². The highest BCUT2D eigenvalue weighted by molar-refractivity contribution is 7.45. The molecule has 0 saturated heterocycles. The van der Waals surface area contributed by atoms with Crippen molar-refractivity contribution < 1.29 is 42.1 Å². The number of esters is 2. The van der Waals surface area contributed by atoms with Crippen molar-refractivity contribution in [1.29, 1.82) is 0 Å². The van der Waals surface area contributed by atoms with E-state index in [0.29, 0.717) is 17.4 Å². The van der Waals surface area contributed by atoms with Gasteiger partial charge in [0, 0.05) is 12.5 Å². The number of quaternary nitrogens is 1. The van der Waals surface area contributed by atoms with Crippen LogP contribution < -0.4 is 4.89 Å². The number of ether oxygens (including phenoxy) is 2. The molecule has 312 valence electrons. The number of carbonyl (C=O) groups excluding carboxylic acids is 2. The molecule has 54 heavy (non-hydrogen) atoms. The van der Waals surface area contributed by atoms with Crippen molar-refractivity contribution in [3.05, 3.63) is 60.8 Å². The van der Waals surface area contributed by atoms with E-state index in [-0.39, 0.29) is 19.6 Å². The summed E-state index contributed by atoms with van der Waals surface area (Å²) >= 11 is 0. The molecule has 0 fully saturated rings. The molecule has 0 saturated carbocycles. The molecule has 0 rings (SSSR count). The summed E-state index contributed by atoms with van der Waals surface area (Å²) < 4.78 is 33.6. The minimum atomic E-state index is -4.65. The van der Waals surface area contributed by atoms with Gasteiger partial charge < -0.3 is 27.9 Å². The number of carbonyl (C=O) groups is 2. The molecule has 9 nitrogen and oxygen atoms in total. The van der Waals surface area contributed by atoms with Gasteiger partial charge in [-0.05, 0) is 57.8 Å². The Labute approximate surface area is 330 Å². The third-order valence-electron chi connectivity index (χ3n) is 8.61. The fourth-order valence-corrected chi connectivity index (χ4v) is 6.01. The fourth-order valence-electron chi connectivity index (χ4n) is 5.28. The van der Waals surface area contributed by atoms with E-state index >= 15 is 0 Å². The Morgan fingerprint density at radius 2 is 1.13 bits per heavy atom. The van der Waals surface area contributed by atoms with E-state index in [2.05, 4.69) is 50.3 Å². The number of hydrogen-bond acceptors (Lipinski definition) is 8. The number of rotatable bonds is 37. The van der Waals surface area contributed by atoms with Gasteiger partial charge in [-0.15, -0.1) is 0 Å². The predicted molar refractivity (Wildman–Crippen MR) is 222 cm³/mol. The third-order valence-corrected chi connectivity index (χ3v) is 9.58. The minimum Gasteiger partial charge on any atom is -0.756 e. The summed E-state index contributed by atoms with van der Waals surface area (Å²) in [7, 11) is 1.09. The number of nitrogens with zero attached hydrogens (tertiary/aromatic N) is 1. The molecule has 0 bridgehead atoms. The molecule has 2 atom stereocenters. The van der Waals surface area contributed by atoms with Gasteiger partial charge in [0.25, 0.3) is 7.82 Å². The maximum Gasteiger partial charge on any atom is 0.330 e. The summed E-state index contributed by atoms with van der Waals surface area (Å²) in [6, 6.07) is 0. The molecule has 0 spiro atoms. The molecule has 0 heterocycles. The standard InChI is InChI=1S/C44H78NO8P/c1-6-8-10-12-14-16-18-20-22-24-26-28-30-32-34-36-43(46)50-40-42(41-52-54(48,49)51-39-38-45(3,4)5)53-44(47)37-35-33-31-29-27-25-23-21-19-17-15-13-11-9-7-2/h15,17,21,23,27,29-30,32,34,36,42H,6-14,16,18-20,22,24-26,28,31,33,35,37-41H2,1-5H3/b17-15+,23-21+,29-27+,32-30+,36-34+/t42-/m1/s1. The van der Waals surface area contributed by atoms with Crippen LogP contribution in [0.15, 0.2) is 60.8 Å². The van der Waals surface area contributed by atoms with Crippen LogP contribution in [-0.2, 0) is 32.7 Å². The van der Waals surface area contributed by atoms with Crippen molar-refractivity contribution in [2.45, 2.75) is 161 Å². The van der Waals surface area contributed by atoms with E-state index in [1.807, 2.05) is 33.3 Å². The third kappa shape index (κ3) is 39.4. The van der Waals surface area contributed by atoms with Crippen molar-refractivity contribution in [3.63, 3.8) is 0 Å². The average Bonchev–Trinajstić information content (AvgIpc) is 3.12. The smallest absolute Gasteiger partial charge is 0.330 e. The quantitative estimate of drug-likeness (QED) is 0.0117. The number of allylic oxidation sites excluding steroid dienone is 9. The highest BCUT2D eigenvalue weighted by Crippen LogP contribution is 2.38. The summed E-state index contributed by atoms with van der Waals surface area (Å²) in [5.41, 5.74) is 0. The van der Waals surface area contributed by atoms with Gasteiger partial charge in [-0.3, -0.25) is 9.36 Å². The number of unbranched alkanes of at least 4 members (excludes halogenated alkanes) is 16. The molecule has 0 N–H and O–H groups in total. The van der Waals surface area contributed by atoms with Gasteiger partial charge >= 0.3 is 11.9 Å². The lowest BCUT2D eigenvalue weighted by atomic mass is 10.1. The molecule has 0 aromatic heterocycles. The summed E-state index contributed by atoms with van der Waals surface area (Å²) in [5.74, 6) is -1.14. The molecule has 0 aromatic carbocycles.